The van der Waals surface area contributed by atoms with Gasteiger partial charge in [0.1, 0.15) is 23.7 Å². The molecular formula is C23H21ClN4O2. The van der Waals surface area contributed by atoms with Crippen LogP contribution >= 0.6 is 11.6 Å². The maximum Gasteiger partial charge on any atom is 0.142 e. The summed E-state index contributed by atoms with van der Waals surface area (Å²) in [5.41, 5.74) is 9.32. The lowest BCUT2D eigenvalue weighted by Gasteiger charge is -2.19. The van der Waals surface area contributed by atoms with Crippen molar-refractivity contribution in [3.8, 4) is 0 Å². The van der Waals surface area contributed by atoms with Gasteiger partial charge in [-0.1, -0.05) is 29.8 Å². The first-order valence-electron chi connectivity index (χ1n) is 9.84. The van der Waals surface area contributed by atoms with Gasteiger partial charge in [-0.3, -0.25) is 0 Å². The molecule has 0 saturated heterocycles. The van der Waals surface area contributed by atoms with Crippen LogP contribution < -0.4 is 5.73 Å². The topological polar surface area (TPSA) is 97.2 Å². The molecule has 0 amide bonds. The van der Waals surface area contributed by atoms with Gasteiger partial charge in [-0.2, -0.15) is 0 Å². The molecule has 1 aliphatic rings. The van der Waals surface area contributed by atoms with Crippen molar-refractivity contribution in [3.63, 3.8) is 0 Å². The Morgan fingerprint density at radius 2 is 1.93 bits per heavy atom. The number of nitrogens with two attached hydrogens (primary N) is 1. The minimum absolute atomic E-state index is 0.314. The number of nitrogens with zero attached hydrogens (tertiary/aromatic N) is 3. The summed E-state index contributed by atoms with van der Waals surface area (Å²) in [4.78, 5) is 8.77. The van der Waals surface area contributed by atoms with Gasteiger partial charge in [-0.05, 0) is 54.3 Å². The monoisotopic (exact) mass is 420 g/mol. The van der Waals surface area contributed by atoms with E-state index in [0.717, 1.165) is 33.1 Å². The van der Waals surface area contributed by atoms with E-state index in [1.165, 1.54) is 0 Å². The highest BCUT2D eigenvalue weighted by molar-refractivity contribution is 6.33. The molecule has 30 heavy (non-hydrogen) atoms. The summed E-state index contributed by atoms with van der Waals surface area (Å²) in [5, 5.41) is 23.7. The predicted molar refractivity (Wildman–Crippen MR) is 118 cm³/mol. The Labute approximate surface area is 178 Å². The number of aliphatic hydroxyl groups excluding tert-OH is 2. The molecule has 4 aromatic rings. The summed E-state index contributed by atoms with van der Waals surface area (Å²) in [6.45, 7) is 0. The Bertz CT molecular complexity index is 1280. The molecule has 0 fully saturated rings. The SMILES string of the molecule is Nc1nc2cc(CCC3=C[C@@H](n4ccc5cccnc54)[C@H](O)[C@@H]3O)ccc2cc1Cl. The molecule has 0 aliphatic heterocycles. The normalized spacial score (nSPS) is 21.4. The number of aromatic nitrogens is 3. The lowest BCUT2D eigenvalue weighted by Crippen LogP contribution is -2.29. The largest absolute Gasteiger partial charge is 0.388 e. The number of nitrogen functional groups attached to an aromatic ring is 1. The fourth-order valence-electron chi connectivity index (χ4n) is 4.17. The van der Waals surface area contributed by atoms with Gasteiger partial charge in [0.15, 0.2) is 0 Å². The minimum Gasteiger partial charge on any atom is -0.388 e. The fraction of sp³-hybridized carbons (Fsp3) is 0.217. The van der Waals surface area contributed by atoms with Crippen LogP contribution in [0.25, 0.3) is 21.9 Å². The molecule has 3 heterocycles. The van der Waals surface area contributed by atoms with E-state index in [-0.39, 0.29) is 6.04 Å². The van der Waals surface area contributed by atoms with E-state index in [0.29, 0.717) is 23.7 Å². The fourth-order valence-corrected chi connectivity index (χ4v) is 4.33. The molecule has 0 saturated carbocycles. The molecule has 1 aromatic carbocycles. The molecule has 3 aromatic heterocycles. The number of rotatable bonds is 4. The smallest absolute Gasteiger partial charge is 0.142 e. The van der Waals surface area contributed by atoms with E-state index in [1.807, 2.05) is 59.3 Å². The van der Waals surface area contributed by atoms with Gasteiger partial charge in [0.25, 0.3) is 0 Å². The average molecular weight is 421 g/mol. The number of fused-ring (bicyclic) bond motifs is 2. The molecule has 0 spiro atoms. The zero-order valence-corrected chi connectivity index (χ0v) is 16.9. The van der Waals surface area contributed by atoms with Crippen LogP contribution in [-0.4, -0.2) is 37.0 Å². The summed E-state index contributed by atoms with van der Waals surface area (Å²) < 4.78 is 1.92. The highest BCUT2D eigenvalue weighted by Crippen LogP contribution is 2.34. The maximum atomic E-state index is 10.7. The van der Waals surface area contributed by atoms with Gasteiger partial charge in [0.2, 0.25) is 0 Å². The van der Waals surface area contributed by atoms with Crippen LogP contribution in [0.15, 0.2) is 66.5 Å². The number of benzene rings is 1. The van der Waals surface area contributed by atoms with Crippen LogP contribution in [0.3, 0.4) is 0 Å². The minimum atomic E-state index is -0.905. The summed E-state index contributed by atoms with van der Waals surface area (Å²) in [5.74, 6) is 0.314. The highest BCUT2D eigenvalue weighted by Gasteiger charge is 2.35. The third kappa shape index (κ3) is 3.23. The van der Waals surface area contributed by atoms with Crippen LogP contribution in [0.2, 0.25) is 5.02 Å². The van der Waals surface area contributed by atoms with Gasteiger partial charge in [0, 0.05) is 23.2 Å². The molecule has 7 heteroatoms. The van der Waals surface area contributed by atoms with Gasteiger partial charge in [-0.15, -0.1) is 0 Å². The third-order valence-corrected chi connectivity index (χ3v) is 6.10. The van der Waals surface area contributed by atoms with Crippen molar-refractivity contribution in [2.45, 2.75) is 31.1 Å². The number of hydrogen-bond acceptors (Lipinski definition) is 5. The van der Waals surface area contributed by atoms with Crippen molar-refractivity contribution in [3.05, 3.63) is 77.1 Å². The molecular weight excluding hydrogens is 400 g/mol. The Balaban J connectivity index is 1.38. The van der Waals surface area contributed by atoms with E-state index >= 15 is 0 Å². The number of anilines is 1. The Hall–Kier alpha value is -2.93. The first kappa shape index (κ1) is 19.1. The van der Waals surface area contributed by atoms with E-state index < -0.39 is 12.2 Å². The number of aliphatic hydroxyl groups is 2. The standard InChI is InChI=1S/C23H21ClN4O2/c24-17-11-15-5-3-13(10-18(15)27-22(17)25)4-6-16-12-19(21(30)20(16)29)28-9-7-14-2-1-8-26-23(14)28/h1-3,5,7-12,19-21,29-30H,4,6H2,(H2,25,27)/t19-,20-,21+/m1/s1. The van der Waals surface area contributed by atoms with E-state index in [9.17, 15) is 10.2 Å². The molecule has 152 valence electrons. The molecule has 3 atom stereocenters. The Morgan fingerprint density at radius 1 is 1.07 bits per heavy atom. The zero-order valence-electron chi connectivity index (χ0n) is 16.1. The molecule has 1 aliphatic carbocycles. The molecule has 5 rings (SSSR count). The second-order valence-corrected chi connectivity index (χ2v) is 8.10. The molecule has 4 N–H and O–H groups in total. The third-order valence-electron chi connectivity index (χ3n) is 5.80. The van der Waals surface area contributed by atoms with Crippen molar-refractivity contribution in [2.75, 3.05) is 5.73 Å². The van der Waals surface area contributed by atoms with Crippen LogP contribution in [0.1, 0.15) is 18.0 Å². The van der Waals surface area contributed by atoms with Crippen LogP contribution in [0.5, 0.6) is 0 Å². The average Bonchev–Trinajstić information content (AvgIpc) is 3.29. The number of halogens is 1. The maximum absolute atomic E-state index is 10.7. The van der Waals surface area contributed by atoms with Gasteiger partial charge in [-0.25, -0.2) is 9.97 Å². The van der Waals surface area contributed by atoms with Gasteiger partial charge in [0.05, 0.1) is 16.6 Å². The molecule has 0 unspecified atom stereocenters. The van der Waals surface area contributed by atoms with E-state index in [4.69, 9.17) is 17.3 Å². The Morgan fingerprint density at radius 3 is 2.80 bits per heavy atom. The van der Waals surface area contributed by atoms with Crippen LogP contribution in [0.4, 0.5) is 5.82 Å². The van der Waals surface area contributed by atoms with Crippen LogP contribution in [-0.2, 0) is 6.42 Å². The first-order valence-corrected chi connectivity index (χ1v) is 10.2. The van der Waals surface area contributed by atoms with E-state index in [2.05, 4.69) is 9.97 Å². The molecule has 0 bridgehead atoms. The van der Waals surface area contributed by atoms with Crippen molar-refractivity contribution in [1.29, 1.82) is 0 Å². The summed E-state index contributed by atoms with van der Waals surface area (Å²) in [6, 6.07) is 13.3. The lowest BCUT2D eigenvalue weighted by atomic mass is 10.0. The van der Waals surface area contributed by atoms with E-state index in [1.54, 1.807) is 6.20 Å². The first-order chi connectivity index (χ1) is 14.5. The summed E-state index contributed by atoms with van der Waals surface area (Å²) in [6.07, 6.45) is 5.14. The van der Waals surface area contributed by atoms with Crippen molar-refractivity contribution in [2.24, 2.45) is 0 Å². The van der Waals surface area contributed by atoms with Crippen molar-refractivity contribution < 1.29 is 10.2 Å². The Kier molecular flexibility index (Phi) is 4.70. The van der Waals surface area contributed by atoms with Crippen molar-refractivity contribution in [1.82, 2.24) is 14.5 Å². The van der Waals surface area contributed by atoms with Crippen LogP contribution in [0, 0.1) is 0 Å². The molecule has 0 radical (unpaired) electrons. The van der Waals surface area contributed by atoms with Crippen molar-refractivity contribution >= 4 is 39.4 Å². The second kappa shape index (κ2) is 7.40. The quantitative estimate of drug-likeness (QED) is 0.438. The second-order valence-electron chi connectivity index (χ2n) is 7.69. The van der Waals surface area contributed by atoms with Gasteiger partial charge >= 0.3 is 0 Å². The number of hydrogen-bond donors (Lipinski definition) is 3. The molecule has 6 nitrogen and oxygen atoms in total. The van der Waals surface area contributed by atoms with Gasteiger partial charge < -0.3 is 20.5 Å². The predicted octanol–water partition coefficient (Wildman–Crippen LogP) is 3.66. The highest BCUT2D eigenvalue weighted by atomic mass is 35.5. The summed E-state index contributed by atoms with van der Waals surface area (Å²) in [7, 11) is 0. The number of pyridine rings is 2. The lowest BCUT2D eigenvalue weighted by molar-refractivity contribution is 0.0317. The zero-order chi connectivity index (χ0) is 20.8. The summed E-state index contributed by atoms with van der Waals surface area (Å²) >= 11 is 6.04. The number of aryl methyl sites for hydroxylation is 1.